The van der Waals surface area contributed by atoms with Crippen molar-refractivity contribution >= 4 is 5.91 Å². The summed E-state index contributed by atoms with van der Waals surface area (Å²) in [6.07, 6.45) is 1.48. The smallest absolute Gasteiger partial charge is 0.220 e. The molecule has 3 nitrogen and oxygen atoms in total. The van der Waals surface area contributed by atoms with Gasteiger partial charge in [-0.1, -0.05) is 12.1 Å². The van der Waals surface area contributed by atoms with E-state index in [2.05, 4.69) is 5.32 Å². The van der Waals surface area contributed by atoms with E-state index in [0.717, 1.165) is 18.6 Å². The summed E-state index contributed by atoms with van der Waals surface area (Å²) < 4.78 is 18.3. The number of hydrogen-bond donors (Lipinski definition) is 1. The zero-order valence-electron chi connectivity index (χ0n) is 10.5. The Hall–Kier alpha value is -1.42. The lowest BCUT2D eigenvalue weighted by molar-refractivity contribution is -0.122. The minimum Gasteiger partial charge on any atom is -0.381 e. The Bertz CT molecular complexity index is 428. The number of carbonyl (C=O) groups excluding carboxylic acids is 1. The van der Waals surface area contributed by atoms with Gasteiger partial charge in [-0.3, -0.25) is 4.79 Å². The number of carbonyl (C=O) groups is 1. The van der Waals surface area contributed by atoms with E-state index in [0.29, 0.717) is 31.1 Å². The first kappa shape index (κ1) is 13.0. The lowest BCUT2D eigenvalue weighted by atomic mass is 10.0. The third kappa shape index (κ3) is 3.53. The topological polar surface area (TPSA) is 38.3 Å². The molecule has 1 heterocycles. The predicted octanol–water partition coefficient (Wildman–Crippen LogP) is 2.18. The van der Waals surface area contributed by atoms with Gasteiger partial charge in [-0.2, -0.15) is 0 Å². The third-order valence-corrected chi connectivity index (χ3v) is 3.21. The minimum absolute atomic E-state index is 0.0347. The number of halogens is 1. The van der Waals surface area contributed by atoms with Crippen LogP contribution in [0.1, 0.15) is 24.0 Å². The molecule has 1 aromatic carbocycles. The van der Waals surface area contributed by atoms with Gasteiger partial charge in [0.25, 0.3) is 0 Å². The van der Waals surface area contributed by atoms with Crippen LogP contribution >= 0.6 is 0 Å². The second kappa shape index (κ2) is 5.96. The molecule has 18 heavy (non-hydrogen) atoms. The number of aryl methyl sites for hydroxylation is 1. The summed E-state index contributed by atoms with van der Waals surface area (Å²) in [6, 6.07) is 4.89. The lowest BCUT2D eigenvalue weighted by Crippen LogP contribution is -2.25. The number of ether oxygens (including phenoxy) is 1. The molecule has 4 heteroatoms. The summed E-state index contributed by atoms with van der Waals surface area (Å²) in [5, 5.41) is 2.86. The molecule has 0 spiro atoms. The average Bonchev–Trinajstić information content (AvgIpc) is 2.83. The minimum atomic E-state index is -0.215. The maximum Gasteiger partial charge on any atom is 0.220 e. The van der Waals surface area contributed by atoms with Gasteiger partial charge in [0.2, 0.25) is 5.91 Å². The molecule has 1 aliphatic rings. The van der Waals surface area contributed by atoms with Crippen LogP contribution < -0.4 is 5.32 Å². The fourth-order valence-corrected chi connectivity index (χ4v) is 2.10. The monoisotopic (exact) mass is 251 g/mol. The normalized spacial score (nSPS) is 18.9. The van der Waals surface area contributed by atoms with Crippen molar-refractivity contribution < 1.29 is 13.9 Å². The van der Waals surface area contributed by atoms with Crippen molar-refractivity contribution in [2.24, 2.45) is 5.92 Å². The van der Waals surface area contributed by atoms with Crippen molar-refractivity contribution in [2.75, 3.05) is 13.2 Å². The predicted molar refractivity (Wildman–Crippen MR) is 66.5 cm³/mol. The summed E-state index contributed by atoms with van der Waals surface area (Å²) in [4.78, 5) is 11.7. The molecule has 1 fully saturated rings. The summed E-state index contributed by atoms with van der Waals surface area (Å²) in [7, 11) is 0. The van der Waals surface area contributed by atoms with E-state index in [9.17, 15) is 9.18 Å². The maximum atomic E-state index is 13.1. The lowest BCUT2D eigenvalue weighted by Gasteiger charge is -2.09. The second-order valence-electron chi connectivity index (χ2n) is 4.79. The fourth-order valence-electron chi connectivity index (χ4n) is 2.10. The molecule has 0 aliphatic carbocycles. The van der Waals surface area contributed by atoms with Gasteiger partial charge in [0.05, 0.1) is 0 Å². The third-order valence-electron chi connectivity index (χ3n) is 3.21. The fraction of sp³-hybridized carbons (Fsp3) is 0.500. The summed E-state index contributed by atoms with van der Waals surface area (Å²) in [6.45, 7) is 3.61. The van der Waals surface area contributed by atoms with Gasteiger partial charge >= 0.3 is 0 Å². The van der Waals surface area contributed by atoms with Gasteiger partial charge in [0.15, 0.2) is 0 Å². The quantitative estimate of drug-likeness (QED) is 0.890. The van der Waals surface area contributed by atoms with E-state index in [4.69, 9.17) is 4.74 Å². The number of rotatable bonds is 4. The summed E-state index contributed by atoms with van der Waals surface area (Å²) >= 11 is 0. The van der Waals surface area contributed by atoms with Crippen LogP contribution in [0, 0.1) is 18.7 Å². The molecule has 0 bridgehead atoms. The van der Waals surface area contributed by atoms with Gasteiger partial charge in [0.1, 0.15) is 5.82 Å². The van der Waals surface area contributed by atoms with Gasteiger partial charge in [-0.15, -0.1) is 0 Å². The maximum absolute atomic E-state index is 13.1. The highest BCUT2D eigenvalue weighted by atomic mass is 19.1. The first-order valence-corrected chi connectivity index (χ1v) is 6.24. The molecule has 1 atom stereocenters. The zero-order chi connectivity index (χ0) is 13.0. The van der Waals surface area contributed by atoms with Crippen molar-refractivity contribution in [3.63, 3.8) is 0 Å². The number of benzene rings is 1. The first-order chi connectivity index (χ1) is 8.65. The molecule has 1 aliphatic heterocycles. The highest BCUT2D eigenvalue weighted by Gasteiger charge is 2.18. The van der Waals surface area contributed by atoms with E-state index < -0.39 is 0 Å². The molecule has 1 N–H and O–H groups in total. The molecule has 1 amide bonds. The van der Waals surface area contributed by atoms with Crippen molar-refractivity contribution in [3.8, 4) is 0 Å². The molecule has 1 saturated heterocycles. The number of nitrogens with one attached hydrogen (secondary N) is 1. The zero-order valence-corrected chi connectivity index (χ0v) is 10.5. The van der Waals surface area contributed by atoms with Crippen LogP contribution in [0.15, 0.2) is 18.2 Å². The molecule has 0 radical (unpaired) electrons. The molecule has 1 aromatic rings. The largest absolute Gasteiger partial charge is 0.381 e. The van der Waals surface area contributed by atoms with Crippen LogP contribution in [0.5, 0.6) is 0 Å². The van der Waals surface area contributed by atoms with Crippen molar-refractivity contribution in [1.82, 2.24) is 5.32 Å². The molecular weight excluding hydrogens is 233 g/mol. The molecule has 1 unspecified atom stereocenters. The van der Waals surface area contributed by atoms with E-state index in [1.54, 1.807) is 19.1 Å². The average molecular weight is 251 g/mol. The Morgan fingerprint density at radius 1 is 1.56 bits per heavy atom. The Kier molecular flexibility index (Phi) is 4.31. The van der Waals surface area contributed by atoms with Crippen LogP contribution in [-0.2, 0) is 16.1 Å². The Morgan fingerprint density at radius 2 is 2.39 bits per heavy atom. The highest BCUT2D eigenvalue weighted by Crippen LogP contribution is 2.16. The van der Waals surface area contributed by atoms with Crippen LogP contribution in [0.2, 0.25) is 0 Å². The van der Waals surface area contributed by atoms with Crippen LogP contribution in [-0.4, -0.2) is 19.1 Å². The molecular formula is C14H18FNO2. The second-order valence-corrected chi connectivity index (χ2v) is 4.79. The molecule has 0 aromatic heterocycles. The van der Waals surface area contributed by atoms with E-state index in [-0.39, 0.29) is 11.7 Å². The Labute approximate surface area is 106 Å². The first-order valence-electron chi connectivity index (χ1n) is 6.24. The summed E-state index contributed by atoms with van der Waals surface area (Å²) in [5.74, 6) is 0.167. The van der Waals surface area contributed by atoms with Crippen LogP contribution in [0.4, 0.5) is 4.39 Å². The van der Waals surface area contributed by atoms with Gasteiger partial charge in [0, 0.05) is 26.2 Å². The standard InChI is InChI=1S/C14H18FNO2/c1-10-6-11(2-3-13(10)15)8-16-14(17)7-12-4-5-18-9-12/h2-3,6,12H,4-5,7-9H2,1H3,(H,16,17). The van der Waals surface area contributed by atoms with Crippen LogP contribution in [0.3, 0.4) is 0 Å². The van der Waals surface area contributed by atoms with Crippen molar-refractivity contribution in [1.29, 1.82) is 0 Å². The van der Waals surface area contributed by atoms with Crippen molar-refractivity contribution in [3.05, 3.63) is 35.1 Å². The van der Waals surface area contributed by atoms with E-state index in [1.807, 2.05) is 0 Å². The van der Waals surface area contributed by atoms with Gasteiger partial charge < -0.3 is 10.1 Å². The van der Waals surface area contributed by atoms with Crippen molar-refractivity contribution in [2.45, 2.75) is 26.3 Å². The molecule has 0 saturated carbocycles. The van der Waals surface area contributed by atoms with Crippen LogP contribution in [0.25, 0.3) is 0 Å². The highest BCUT2D eigenvalue weighted by molar-refractivity contribution is 5.76. The molecule has 98 valence electrons. The molecule has 2 rings (SSSR count). The number of amides is 1. The van der Waals surface area contributed by atoms with E-state index in [1.165, 1.54) is 6.07 Å². The van der Waals surface area contributed by atoms with Gasteiger partial charge in [-0.25, -0.2) is 4.39 Å². The van der Waals surface area contributed by atoms with Gasteiger partial charge in [-0.05, 0) is 36.5 Å². The summed E-state index contributed by atoms with van der Waals surface area (Å²) in [5.41, 5.74) is 1.52. The number of hydrogen-bond acceptors (Lipinski definition) is 2. The SMILES string of the molecule is Cc1cc(CNC(=O)CC2CCOC2)ccc1F. The Balaban J connectivity index is 1.79. The Morgan fingerprint density at radius 3 is 3.06 bits per heavy atom. The van der Waals surface area contributed by atoms with E-state index >= 15 is 0 Å².